The molecule has 0 saturated carbocycles. The second kappa shape index (κ2) is 2.85. The Kier molecular flexibility index (Phi) is 2.68. The Hall–Kier alpha value is -0.530. The Bertz CT molecular complexity index is 109. The lowest BCUT2D eigenvalue weighted by molar-refractivity contribution is 0.571. The topological polar surface area (TPSA) is 24.4 Å². The molecule has 0 heterocycles. The van der Waals surface area contributed by atoms with Crippen LogP contribution in [0.5, 0.6) is 0 Å². The predicted molar refractivity (Wildman–Crippen MR) is 41.9 cm³/mol. The van der Waals surface area contributed by atoms with Gasteiger partial charge in [0.05, 0.1) is 0 Å². The molecule has 0 aromatic heterocycles. The van der Waals surface area contributed by atoms with Gasteiger partial charge in [-0.2, -0.15) is 0 Å². The monoisotopic (exact) mass is 128 g/mol. The number of aliphatic imine (C=N–C) groups is 1. The van der Waals surface area contributed by atoms with Crippen LogP contribution in [0.15, 0.2) is 4.99 Å². The summed E-state index contributed by atoms with van der Waals surface area (Å²) in [5.41, 5.74) is 0.156. The highest BCUT2D eigenvalue weighted by Crippen LogP contribution is 2.13. The molecular weight excluding hydrogens is 112 g/mol. The summed E-state index contributed by atoms with van der Waals surface area (Å²) in [5.74, 6) is 1.04. The van der Waals surface area contributed by atoms with E-state index < -0.39 is 0 Å². The number of nitrogens with one attached hydrogen (secondary N) is 1. The minimum atomic E-state index is 0.156. The van der Waals surface area contributed by atoms with Gasteiger partial charge in [0.15, 0.2) is 0 Å². The molecule has 0 aliphatic carbocycles. The van der Waals surface area contributed by atoms with E-state index in [-0.39, 0.29) is 5.41 Å². The molecule has 0 amide bonds. The third-order valence-corrected chi connectivity index (χ3v) is 1.17. The molecule has 0 saturated heterocycles. The van der Waals surface area contributed by atoms with Crippen LogP contribution in [0.3, 0.4) is 0 Å². The van der Waals surface area contributed by atoms with Gasteiger partial charge in [0.1, 0.15) is 5.84 Å². The predicted octanol–water partition coefficient (Wildman–Crippen LogP) is 1.28. The quantitative estimate of drug-likeness (QED) is 0.385. The Labute approximate surface area is 57.4 Å². The maximum absolute atomic E-state index is 4.08. The average molecular weight is 128 g/mol. The Morgan fingerprint density at radius 1 is 1.33 bits per heavy atom. The molecule has 2 heteroatoms. The number of nitrogens with zero attached hydrogens (tertiary/aromatic N) is 1. The van der Waals surface area contributed by atoms with Crippen LogP contribution in [-0.4, -0.2) is 19.9 Å². The van der Waals surface area contributed by atoms with Crippen molar-refractivity contribution in [3.63, 3.8) is 0 Å². The lowest BCUT2D eigenvalue weighted by atomic mass is 9.95. The number of rotatable bonds is 0. The van der Waals surface area contributed by atoms with Gasteiger partial charge in [0.2, 0.25) is 0 Å². The van der Waals surface area contributed by atoms with Crippen molar-refractivity contribution in [2.24, 2.45) is 10.4 Å². The smallest absolute Gasteiger partial charge is 0.101 e. The van der Waals surface area contributed by atoms with Gasteiger partial charge < -0.3 is 5.32 Å². The Morgan fingerprint density at radius 3 is 1.78 bits per heavy atom. The first-order valence-electron chi connectivity index (χ1n) is 3.17. The van der Waals surface area contributed by atoms with E-state index in [2.05, 4.69) is 31.1 Å². The standard InChI is InChI=1S/C7H16N2/c1-7(2,3)6(8-4)9-5/h1-5H3,(H,8,9). The molecule has 54 valence electrons. The fourth-order valence-electron chi connectivity index (χ4n) is 0.822. The molecule has 0 fully saturated rings. The van der Waals surface area contributed by atoms with Gasteiger partial charge in [-0.25, -0.2) is 0 Å². The van der Waals surface area contributed by atoms with Crippen LogP contribution in [0, 0.1) is 5.41 Å². The van der Waals surface area contributed by atoms with Crippen LogP contribution in [0.1, 0.15) is 20.8 Å². The van der Waals surface area contributed by atoms with Crippen LogP contribution < -0.4 is 5.32 Å². The van der Waals surface area contributed by atoms with Crippen LogP contribution in [0.4, 0.5) is 0 Å². The zero-order valence-electron chi connectivity index (χ0n) is 6.95. The molecular formula is C7H16N2. The van der Waals surface area contributed by atoms with E-state index in [9.17, 15) is 0 Å². The third kappa shape index (κ3) is 2.49. The normalized spacial score (nSPS) is 13.7. The van der Waals surface area contributed by atoms with Gasteiger partial charge in [-0.05, 0) is 0 Å². The second-order valence-electron chi connectivity index (χ2n) is 3.07. The van der Waals surface area contributed by atoms with Gasteiger partial charge >= 0.3 is 0 Å². The summed E-state index contributed by atoms with van der Waals surface area (Å²) in [5, 5.41) is 3.04. The summed E-state index contributed by atoms with van der Waals surface area (Å²) < 4.78 is 0. The first-order valence-corrected chi connectivity index (χ1v) is 3.17. The molecule has 0 aromatic carbocycles. The minimum Gasteiger partial charge on any atom is -0.376 e. The van der Waals surface area contributed by atoms with Crippen molar-refractivity contribution in [3.8, 4) is 0 Å². The fraction of sp³-hybridized carbons (Fsp3) is 0.857. The van der Waals surface area contributed by atoms with E-state index in [4.69, 9.17) is 0 Å². The molecule has 9 heavy (non-hydrogen) atoms. The largest absolute Gasteiger partial charge is 0.376 e. The number of amidine groups is 1. The van der Waals surface area contributed by atoms with E-state index in [1.165, 1.54) is 0 Å². The van der Waals surface area contributed by atoms with Crippen LogP contribution >= 0.6 is 0 Å². The second-order valence-corrected chi connectivity index (χ2v) is 3.07. The van der Waals surface area contributed by atoms with E-state index in [0.29, 0.717) is 0 Å². The van der Waals surface area contributed by atoms with Crippen LogP contribution in [-0.2, 0) is 0 Å². The van der Waals surface area contributed by atoms with Gasteiger partial charge in [-0.15, -0.1) is 0 Å². The molecule has 0 aliphatic rings. The molecule has 0 radical (unpaired) electrons. The summed E-state index contributed by atoms with van der Waals surface area (Å²) in [6.07, 6.45) is 0. The van der Waals surface area contributed by atoms with Crippen molar-refractivity contribution in [2.75, 3.05) is 14.1 Å². The van der Waals surface area contributed by atoms with E-state index in [1.807, 2.05) is 7.05 Å². The maximum Gasteiger partial charge on any atom is 0.101 e. The summed E-state index contributed by atoms with van der Waals surface area (Å²) in [6, 6.07) is 0. The number of hydrogen-bond donors (Lipinski definition) is 1. The average Bonchev–Trinajstić information content (AvgIpc) is 1.65. The first-order chi connectivity index (χ1) is 4.02. The summed E-state index contributed by atoms with van der Waals surface area (Å²) in [4.78, 5) is 4.08. The fourth-order valence-corrected chi connectivity index (χ4v) is 0.822. The van der Waals surface area contributed by atoms with Crippen LogP contribution in [0.2, 0.25) is 0 Å². The molecule has 0 unspecified atom stereocenters. The lowest BCUT2D eigenvalue weighted by Crippen LogP contribution is -2.32. The molecule has 0 aliphatic heterocycles. The Balaban J connectivity index is 4.14. The van der Waals surface area contributed by atoms with Gasteiger partial charge in [-0.3, -0.25) is 4.99 Å². The molecule has 0 bridgehead atoms. The lowest BCUT2D eigenvalue weighted by Gasteiger charge is -2.20. The highest BCUT2D eigenvalue weighted by atomic mass is 15.0. The zero-order chi connectivity index (χ0) is 7.49. The van der Waals surface area contributed by atoms with Crippen molar-refractivity contribution in [1.29, 1.82) is 0 Å². The van der Waals surface area contributed by atoms with E-state index in [1.54, 1.807) is 7.05 Å². The summed E-state index contributed by atoms with van der Waals surface area (Å²) in [6.45, 7) is 6.39. The van der Waals surface area contributed by atoms with Gasteiger partial charge in [0, 0.05) is 19.5 Å². The molecule has 0 spiro atoms. The van der Waals surface area contributed by atoms with E-state index in [0.717, 1.165) is 5.84 Å². The first kappa shape index (κ1) is 8.47. The summed E-state index contributed by atoms with van der Waals surface area (Å²) >= 11 is 0. The van der Waals surface area contributed by atoms with Crippen molar-refractivity contribution < 1.29 is 0 Å². The SMILES string of the molecule is C/N=C(\NC)C(C)(C)C. The van der Waals surface area contributed by atoms with E-state index >= 15 is 0 Å². The highest BCUT2D eigenvalue weighted by molar-refractivity contribution is 5.86. The molecule has 0 rings (SSSR count). The van der Waals surface area contributed by atoms with Gasteiger partial charge in [-0.1, -0.05) is 20.8 Å². The third-order valence-electron chi connectivity index (χ3n) is 1.17. The number of hydrogen-bond acceptors (Lipinski definition) is 1. The molecule has 0 atom stereocenters. The zero-order valence-corrected chi connectivity index (χ0v) is 6.95. The highest BCUT2D eigenvalue weighted by Gasteiger charge is 2.15. The molecule has 1 N–H and O–H groups in total. The van der Waals surface area contributed by atoms with Gasteiger partial charge in [0.25, 0.3) is 0 Å². The van der Waals surface area contributed by atoms with Crippen molar-refractivity contribution in [2.45, 2.75) is 20.8 Å². The molecule has 2 nitrogen and oxygen atoms in total. The van der Waals surface area contributed by atoms with Crippen molar-refractivity contribution in [3.05, 3.63) is 0 Å². The maximum atomic E-state index is 4.08. The Morgan fingerprint density at radius 2 is 1.78 bits per heavy atom. The van der Waals surface area contributed by atoms with Crippen molar-refractivity contribution in [1.82, 2.24) is 5.32 Å². The molecule has 0 aromatic rings. The van der Waals surface area contributed by atoms with Crippen LogP contribution in [0.25, 0.3) is 0 Å². The minimum absolute atomic E-state index is 0.156. The summed E-state index contributed by atoms with van der Waals surface area (Å²) in [7, 11) is 3.70. The van der Waals surface area contributed by atoms with Crippen molar-refractivity contribution >= 4 is 5.84 Å².